The van der Waals surface area contributed by atoms with Crippen molar-refractivity contribution in [1.29, 1.82) is 0 Å². The molecule has 5 nitrogen and oxygen atoms in total. The summed E-state index contributed by atoms with van der Waals surface area (Å²) in [6.45, 7) is 5.48. The molecule has 6 heteroatoms. The van der Waals surface area contributed by atoms with Gasteiger partial charge in [-0.15, -0.1) is 0 Å². The van der Waals surface area contributed by atoms with Gasteiger partial charge in [-0.3, -0.25) is 14.4 Å². The van der Waals surface area contributed by atoms with Crippen LogP contribution in [0.5, 0.6) is 0 Å². The van der Waals surface area contributed by atoms with Crippen molar-refractivity contribution in [3.8, 4) is 0 Å². The van der Waals surface area contributed by atoms with Gasteiger partial charge in [0.1, 0.15) is 0 Å². The maximum Gasteiger partial charge on any atom is 0.321 e. The van der Waals surface area contributed by atoms with Gasteiger partial charge in [0.15, 0.2) is 5.41 Å². The molecule has 124 valence electrons. The van der Waals surface area contributed by atoms with E-state index >= 15 is 0 Å². The van der Waals surface area contributed by atoms with Crippen LogP contribution in [0.4, 0.5) is 5.69 Å². The molecule has 1 fully saturated rings. The monoisotopic (exact) mass is 335 g/mol. The first kappa shape index (κ1) is 14.6. The van der Waals surface area contributed by atoms with Crippen molar-refractivity contribution in [2.75, 3.05) is 12.0 Å². The first-order valence-electron chi connectivity index (χ1n) is 8.47. The lowest BCUT2D eigenvalue weighted by molar-refractivity contribution is -0.157. The number of anilines is 1. The van der Waals surface area contributed by atoms with Crippen molar-refractivity contribution in [3.63, 3.8) is 0 Å². The molecule has 2 amide bonds. The molecule has 0 N–H and O–H groups in total. The van der Waals surface area contributed by atoms with Crippen LogP contribution >= 0.6 is 0 Å². The smallest absolute Gasteiger partial charge is 0.321 e. The average molecular weight is 335 g/mol. The summed E-state index contributed by atoms with van der Waals surface area (Å²) in [5.74, 6) is -3.80. The van der Waals surface area contributed by atoms with Gasteiger partial charge in [0, 0.05) is 10.8 Å². The molecule has 1 aliphatic rings. The van der Waals surface area contributed by atoms with Crippen molar-refractivity contribution in [2.45, 2.75) is 38.5 Å². The highest BCUT2D eigenvalue weighted by Gasteiger charge is 2.58. The molecule has 1 saturated heterocycles. The van der Waals surface area contributed by atoms with E-state index in [9.17, 15) is 14.4 Å². The van der Waals surface area contributed by atoms with Gasteiger partial charge >= 0.3 is 5.97 Å². The van der Waals surface area contributed by atoms with E-state index in [0.717, 1.165) is 12.0 Å². The molecule has 1 aliphatic heterocycles. The van der Waals surface area contributed by atoms with E-state index in [1.54, 1.807) is 30.3 Å². The third-order valence-corrected chi connectivity index (χ3v) is 5.06. The quantitative estimate of drug-likeness (QED) is 0.359. The lowest BCUT2D eigenvalue weighted by Crippen LogP contribution is -2.42. The first-order valence-corrected chi connectivity index (χ1v) is 11.0. The van der Waals surface area contributed by atoms with Crippen molar-refractivity contribution >= 4 is 31.5 Å². The Kier molecular flexibility index (Phi) is 3.99. The minimum Gasteiger partial charge on any atom is -0.468 e. The molecule has 1 aromatic rings. The van der Waals surface area contributed by atoms with Gasteiger partial charge in [-0.05, 0) is 18.6 Å². The van der Waals surface area contributed by atoms with Gasteiger partial charge < -0.3 is 4.74 Å². The zero-order valence-electron chi connectivity index (χ0n) is 15.9. The van der Waals surface area contributed by atoms with Crippen molar-refractivity contribution in [2.24, 2.45) is 5.41 Å². The fourth-order valence-corrected chi connectivity index (χ4v) is 3.39. The first-order chi connectivity index (χ1) is 11.5. The van der Waals surface area contributed by atoms with E-state index in [1.165, 1.54) is 0 Å². The number of nitrogens with zero attached hydrogens (tertiary/aromatic N) is 1. The van der Waals surface area contributed by atoms with Crippen LogP contribution in [0.25, 0.3) is 0 Å². The number of carbonyl (C=O) groups excluding carboxylic acids is 3. The predicted molar refractivity (Wildman–Crippen MR) is 90.8 cm³/mol. The Bertz CT molecular complexity index is 702. The molecule has 0 saturated carbocycles. The summed E-state index contributed by atoms with van der Waals surface area (Å²) in [6, 6.07) is 8.35. The minimum atomic E-state index is -2.37. The van der Waals surface area contributed by atoms with E-state index in [1.807, 2.05) is 19.6 Å². The standard InChI is InChI=1S/C17H23NO4Si/c1-22-16(21)17(10-11-23(2,3)4)12-14(19)18(15(17)20)13-8-6-5-7-9-13/h5-9H,10-12H2,1-4H3/i11D2. The molecule has 0 spiro atoms. The van der Waals surface area contributed by atoms with Gasteiger partial charge in [-0.2, -0.15) is 0 Å². The molecule has 1 heterocycles. The summed E-state index contributed by atoms with van der Waals surface area (Å²) in [5.41, 5.74) is -1.44. The number of ether oxygens (including phenoxy) is 1. The van der Waals surface area contributed by atoms with E-state index in [2.05, 4.69) is 0 Å². The van der Waals surface area contributed by atoms with Crippen molar-refractivity contribution < 1.29 is 21.9 Å². The second-order valence-electron chi connectivity index (χ2n) is 6.72. The summed E-state index contributed by atoms with van der Waals surface area (Å²) in [4.78, 5) is 39.1. The summed E-state index contributed by atoms with van der Waals surface area (Å²) >= 11 is 0. The number of benzene rings is 1. The number of hydrogen-bond donors (Lipinski definition) is 0. The Labute approximate surface area is 140 Å². The van der Waals surface area contributed by atoms with E-state index in [-0.39, 0.29) is 12.8 Å². The molecule has 0 bridgehead atoms. The number of amides is 2. The summed E-state index contributed by atoms with van der Waals surface area (Å²) < 4.78 is 21.6. The third kappa shape index (κ3) is 3.37. The Balaban J connectivity index is 2.51. The number of imide groups is 1. The highest BCUT2D eigenvalue weighted by Crippen LogP contribution is 2.42. The van der Waals surface area contributed by atoms with E-state index < -0.39 is 37.3 Å². The Morgan fingerprint density at radius 1 is 1.30 bits per heavy atom. The van der Waals surface area contributed by atoms with Crippen LogP contribution in [0.3, 0.4) is 0 Å². The van der Waals surface area contributed by atoms with Gasteiger partial charge in [0.25, 0.3) is 5.91 Å². The summed E-state index contributed by atoms with van der Waals surface area (Å²) in [6.07, 6.45) is -0.728. The Hall–Kier alpha value is -1.95. The lowest BCUT2D eigenvalue weighted by atomic mass is 9.83. The molecule has 0 radical (unpaired) electrons. The van der Waals surface area contributed by atoms with Crippen LogP contribution in [-0.2, 0) is 19.1 Å². The van der Waals surface area contributed by atoms with Crippen molar-refractivity contribution in [1.82, 2.24) is 0 Å². The third-order valence-electron chi connectivity index (χ3n) is 3.83. The number of carbonyl (C=O) groups is 3. The fourth-order valence-electron chi connectivity index (χ4n) is 2.56. The van der Waals surface area contributed by atoms with Crippen molar-refractivity contribution in [3.05, 3.63) is 30.3 Å². The summed E-state index contributed by atoms with van der Waals surface area (Å²) in [5, 5.41) is 0. The van der Waals surface area contributed by atoms with Crippen LogP contribution in [0.1, 0.15) is 15.6 Å². The molecular weight excluding hydrogens is 310 g/mol. The molecule has 2 rings (SSSR count). The molecular formula is C17H23NO4Si. The van der Waals surface area contributed by atoms with Gasteiger partial charge in [-0.25, -0.2) is 4.90 Å². The van der Waals surface area contributed by atoms with E-state index in [4.69, 9.17) is 7.48 Å². The molecule has 0 aromatic heterocycles. The van der Waals surface area contributed by atoms with Crippen LogP contribution in [0.2, 0.25) is 25.6 Å². The largest absolute Gasteiger partial charge is 0.468 e. The highest BCUT2D eigenvalue weighted by molar-refractivity contribution is 6.76. The number of hydrogen-bond acceptors (Lipinski definition) is 4. The number of rotatable bonds is 5. The zero-order valence-corrected chi connectivity index (χ0v) is 14.9. The molecule has 1 unspecified atom stereocenters. The summed E-state index contributed by atoms with van der Waals surface area (Å²) in [7, 11) is -1.22. The van der Waals surface area contributed by atoms with Gasteiger partial charge in [0.2, 0.25) is 5.91 Å². The molecule has 23 heavy (non-hydrogen) atoms. The highest BCUT2D eigenvalue weighted by atomic mass is 28.3. The predicted octanol–water partition coefficient (Wildman–Crippen LogP) is 2.84. The fraction of sp³-hybridized carbons (Fsp3) is 0.471. The maximum absolute atomic E-state index is 13.1. The Morgan fingerprint density at radius 3 is 2.43 bits per heavy atom. The topological polar surface area (TPSA) is 63.7 Å². The van der Waals surface area contributed by atoms with Crippen LogP contribution in [-0.4, -0.2) is 33.0 Å². The second kappa shape index (κ2) is 6.27. The normalized spacial score (nSPS) is 23.6. The van der Waals surface area contributed by atoms with Crippen LogP contribution in [0, 0.1) is 5.41 Å². The van der Waals surface area contributed by atoms with Gasteiger partial charge in [0.05, 0.1) is 19.2 Å². The van der Waals surface area contributed by atoms with E-state index in [0.29, 0.717) is 5.69 Å². The zero-order chi connectivity index (χ0) is 19.0. The number of methoxy groups -OCH3 is 1. The average Bonchev–Trinajstić information content (AvgIpc) is 2.77. The molecule has 1 aromatic carbocycles. The van der Waals surface area contributed by atoms with Crippen LogP contribution in [0.15, 0.2) is 30.3 Å². The second-order valence-corrected chi connectivity index (χ2v) is 11.6. The van der Waals surface area contributed by atoms with Crippen LogP contribution < -0.4 is 4.90 Å². The maximum atomic E-state index is 13.1. The SMILES string of the molecule is [2H]C([2H])(CC1(C(=O)OC)CC(=O)N(c2ccccc2)C1=O)[Si](C)(C)C. The molecule has 1 atom stereocenters. The molecule has 0 aliphatic carbocycles. The van der Waals surface area contributed by atoms with Gasteiger partial charge in [-0.1, -0.05) is 43.8 Å². The Morgan fingerprint density at radius 2 is 1.91 bits per heavy atom. The number of para-hydroxylation sites is 1. The number of esters is 1. The minimum absolute atomic E-state index is 0.351. The lowest BCUT2D eigenvalue weighted by Gasteiger charge is -2.27.